The molecule has 0 spiro atoms. The average Bonchev–Trinajstić information content (AvgIpc) is 2.44. The quantitative estimate of drug-likeness (QED) is 0.380. The molecule has 0 amide bonds. The molecule has 3 heteroatoms. The third-order valence-corrected chi connectivity index (χ3v) is 19.8. The Labute approximate surface area is 156 Å². The van der Waals surface area contributed by atoms with Crippen molar-refractivity contribution in [2.24, 2.45) is 5.41 Å². The fraction of sp³-hybridized carbons (Fsp3) is 0.895. The molecule has 0 heterocycles. The van der Waals surface area contributed by atoms with Crippen LogP contribution in [-0.2, 0) is 0 Å². The summed E-state index contributed by atoms with van der Waals surface area (Å²) in [5.74, 6) is 0.369. The molecule has 1 nitrogen and oxygen atoms in total. The number of unbranched alkanes of at least 4 members (excludes halogenated alkanes) is 3. The van der Waals surface area contributed by atoms with Crippen LogP contribution < -0.4 is 24.0 Å². The SMILES string of the molecule is CCC[CH2][Sn]([CH2]/C=C(\[O-])C(C)(C)C)([CH2]CCC)[CH2]CCC.[Li+]. The predicted molar refractivity (Wildman–Crippen MR) is 97.2 cm³/mol. The third kappa shape index (κ3) is 10.7. The first-order chi connectivity index (χ1) is 9.81. The van der Waals surface area contributed by atoms with Gasteiger partial charge in [0.2, 0.25) is 0 Å². The van der Waals surface area contributed by atoms with E-state index in [1.54, 1.807) is 0 Å². The zero-order valence-electron chi connectivity index (χ0n) is 16.6. The van der Waals surface area contributed by atoms with Crippen LogP contribution in [0.2, 0.25) is 17.7 Å². The Kier molecular flexibility index (Phi) is 15.2. The summed E-state index contributed by atoms with van der Waals surface area (Å²) < 4.78 is 5.70. The summed E-state index contributed by atoms with van der Waals surface area (Å²) in [5, 5.41) is 12.3. The van der Waals surface area contributed by atoms with E-state index in [1.807, 2.05) is 20.8 Å². The molecule has 0 aliphatic rings. The van der Waals surface area contributed by atoms with Crippen LogP contribution in [0.25, 0.3) is 0 Å². The second-order valence-electron chi connectivity index (χ2n) is 7.83. The summed E-state index contributed by atoms with van der Waals surface area (Å²) in [4.78, 5) is 0. The van der Waals surface area contributed by atoms with Crippen LogP contribution in [0, 0.1) is 5.41 Å². The summed E-state index contributed by atoms with van der Waals surface area (Å²) in [6.07, 6.45) is 10.2. The molecule has 22 heavy (non-hydrogen) atoms. The maximum absolute atomic E-state index is 12.3. The van der Waals surface area contributed by atoms with Gasteiger partial charge in [-0.2, -0.15) is 0 Å². The molecule has 0 aliphatic carbocycles. The van der Waals surface area contributed by atoms with Crippen molar-refractivity contribution in [1.29, 1.82) is 0 Å². The van der Waals surface area contributed by atoms with E-state index < -0.39 is 18.4 Å². The van der Waals surface area contributed by atoms with E-state index >= 15 is 0 Å². The van der Waals surface area contributed by atoms with E-state index in [-0.39, 0.29) is 24.3 Å². The summed E-state index contributed by atoms with van der Waals surface area (Å²) in [5.41, 5.74) is -0.197. The smallest absolute Gasteiger partial charge is 1.00 e. The van der Waals surface area contributed by atoms with Crippen molar-refractivity contribution >= 4 is 18.4 Å². The fourth-order valence-electron chi connectivity index (χ4n) is 2.95. The summed E-state index contributed by atoms with van der Waals surface area (Å²) in [7, 11) is 0. The maximum atomic E-state index is 12.3. The van der Waals surface area contributed by atoms with E-state index in [0.29, 0.717) is 5.76 Å². The van der Waals surface area contributed by atoms with E-state index in [1.165, 1.54) is 56.3 Å². The van der Waals surface area contributed by atoms with Crippen LogP contribution in [0.1, 0.15) is 80.1 Å². The topological polar surface area (TPSA) is 23.1 Å². The molecule has 0 aromatic heterocycles. The van der Waals surface area contributed by atoms with E-state index in [2.05, 4.69) is 26.8 Å². The third-order valence-electron chi connectivity index (χ3n) is 4.64. The van der Waals surface area contributed by atoms with Gasteiger partial charge in [0.05, 0.1) is 0 Å². The normalized spacial score (nSPS) is 13.1. The molecular formula is C19H39LiOSn. The summed E-state index contributed by atoms with van der Waals surface area (Å²) in [6.45, 7) is 13.1. The minimum absolute atomic E-state index is 0. The first-order valence-electron chi connectivity index (χ1n) is 9.19. The molecule has 0 saturated carbocycles. The van der Waals surface area contributed by atoms with Crippen molar-refractivity contribution < 1.29 is 24.0 Å². The van der Waals surface area contributed by atoms with Crippen molar-refractivity contribution in [3.8, 4) is 0 Å². The van der Waals surface area contributed by atoms with Gasteiger partial charge < -0.3 is 0 Å². The first kappa shape index (κ1) is 25.2. The van der Waals surface area contributed by atoms with Crippen LogP contribution in [0.4, 0.5) is 0 Å². The Hall–Kier alpha value is 0.936. The molecule has 0 aromatic rings. The van der Waals surface area contributed by atoms with Crippen molar-refractivity contribution in [2.75, 3.05) is 0 Å². The van der Waals surface area contributed by atoms with Gasteiger partial charge in [0.15, 0.2) is 0 Å². The van der Waals surface area contributed by atoms with Crippen LogP contribution >= 0.6 is 0 Å². The number of allylic oxidation sites excluding steroid dienone is 2. The van der Waals surface area contributed by atoms with E-state index in [4.69, 9.17) is 0 Å². The number of rotatable bonds is 11. The van der Waals surface area contributed by atoms with Crippen molar-refractivity contribution in [3.05, 3.63) is 11.8 Å². The van der Waals surface area contributed by atoms with Gasteiger partial charge in [-0.25, -0.2) is 0 Å². The summed E-state index contributed by atoms with van der Waals surface area (Å²) >= 11 is -2.12. The molecule has 0 radical (unpaired) electrons. The predicted octanol–water partition coefficient (Wildman–Crippen LogP) is 3.13. The monoisotopic (exact) mass is 410 g/mol. The van der Waals surface area contributed by atoms with Crippen LogP contribution in [0.5, 0.6) is 0 Å². The molecule has 0 aromatic carbocycles. The van der Waals surface area contributed by atoms with Gasteiger partial charge in [-0.15, -0.1) is 0 Å². The second-order valence-corrected chi connectivity index (χ2v) is 21.8. The van der Waals surface area contributed by atoms with Gasteiger partial charge in [-0.3, -0.25) is 0 Å². The van der Waals surface area contributed by atoms with Gasteiger partial charge in [0.1, 0.15) is 0 Å². The molecule has 0 fully saturated rings. The van der Waals surface area contributed by atoms with E-state index in [0.717, 1.165) is 0 Å². The van der Waals surface area contributed by atoms with Crippen molar-refractivity contribution in [1.82, 2.24) is 0 Å². The van der Waals surface area contributed by atoms with Gasteiger partial charge >= 0.3 is 157 Å². The zero-order valence-corrected chi connectivity index (χ0v) is 19.4. The van der Waals surface area contributed by atoms with Crippen LogP contribution in [0.3, 0.4) is 0 Å². The van der Waals surface area contributed by atoms with Crippen molar-refractivity contribution in [2.45, 2.75) is 97.8 Å². The summed E-state index contributed by atoms with van der Waals surface area (Å²) in [6, 6.07) is 0. The number of hydrogen-bond donors (Lipinski definition) is 0. The van der Waals surface area contributed by atoms with E-state index in [9.17, 15) is 5.11 Å². The zero-order chi connectivity index (χ0) is 16.4. The average molecular weight is 409 g/mol. The largest absolute Gasteiger partial charge is 1.00 e. The minimum Gasteiger partial charge on any atom is 1.00 e. The number of hydrogen-bond acceptors (Lipinski definition) is 1. The molecule has 0 rings (SSSR count). The molecule has 0 unspecified atom stereocenters. The van der Waals surface area contributed by atoms with Gasteiger partial charge in [0, 0.05) is 0 Å². The first-order valence-corrected chi connectivity index (χ1v) is 17.3. The Morgan fingerprint density at radius 2 is 1.23 bits per heavy atom. The van der Waals surface area contributed by atoms with Gasteiger partial charge in [0.25, 0.3) is 0 Å². The molecule has 126 valence electrons. The standard InChI is InChI=1S/C7H13O.3C4H9.Li.Sn/c1-5-6(8)7(2,3)4;3*1-3-4-2;;/h5,8H,1H2,2-4H3;3*1,3-4H2,2H3;;/q;;;;+1;/p-1/b6-5-;;;;;. The molecule has 0 bridgehead atoms. The van der Waals surface area contributed by atoms with Crippen molar-refractivity contribution in [3.63, 3.8) is 0 Å². The maximum Gasteiger partial charge on any atom is 1.00 e. The molecular weight excluding hydrogens is 370 g/mol. The second kappa shape index (κ2) is 13.3. The Morgan fingerprint density at radius 1 is 0.864 bits per heavy atom. The van der Waals surface area contributed by atoms with Gasteiger partial charge in [-0.1, -0.05) is 0 Å². The molecule has 0 aliphatic heterocycles. The minimum atomic E-state index is -2.12. The Balaban J connectivity index is 0. The Morgan fingerprint density at radius 3 is 1.50 bits per heavy atom. The molecule has 0 atom stereocenters. The fourth-order valence-corrected chi connectivity index (χ4v) is 18.1. The Bertz CT molecular complexity index is 273. The molecule has 0 N–H and O–H groups in total. The van der Waals surface area contributed by atoms with Crippen LogP contribution in [-0.4, -0.2) is 18.4 Å². The molecule has 0 saturated heterocycles. The van der Waals surface area contributed by atoms with Crippen LogP contribution in [0.15, 0.2) is 11.8 Å². The van der Waals surface area contributed by atoms with Gasteiger partial charge in [-0.05, 0) is 0 Å².